The van der Waals surface area contributed by atoms with Crippen molar-refractivity contribution in [3.63, 3.8) is 0 Å². The van der Waals surface area contributed by atoms with Crippen LogP contribution in [0.15, 0.2) is 11.2 Å². The highest BCUT2D eigenvalue weighted by molar-refractivity contribution is 5.93. The highest BCUT2D eigenvalue weighted by Crippen LogP contribution is 2.14. The van der Waals surface area contributed by atoms with Gasteiger partial charge in [-0.3, -0.25) is 4.98 Å². The van der Waals surface area contributed by atoms with Gasteiger partial charge in [-0.05, 0) is 32.4 Å². The van der Waals surface area contributed by atoms with E-state index in [1.807, 2.05) is 0 Å². The van der Waals surface area contributed by atoms with E-state index in [1.54, 1.807) is 26.8 Å². The summed E-state index contributed by atoms with van der Waals surface area (Å²) in [5, 5.41) is 11.3. The van der Waals surface area contributed by atoms with Crippen molar-refractivity contribution >= 4 is 12.2 Å². The van der Waals surface area contributed by atoms with Crippen LogP contribution in [0.5, 0.6) is 0 Å². The molecule has 0 spiro atoms. The standard InChI is InChI=1S/C11H14N2O3/c1-4-16-11(14)10-7(2)5-9(6-12-15)13-8(10)3/h5-6,15H,4H2,1-3H3/b12-6+. The predicted octanol–water partition coefficient (Wildman–Crippen LogP) is 1.68. The molecule has 0 unspecified atom stereocenters. The van der Waals surface area contributed by atoms with Crippen LogP contribution in [-0.2, 0) is 4.74 Å². The van der Waals surface area contributed by atoms with Gasteiger partial charge in [-0.25, -0.2) is 4.79 Å². The van der Waals surface area contributed by atoms with Crippen LogP contribution in [0.1, 0.15) is 34.2 Å². The molecular weight excluding hydrogens is 208 g/mol. The number of nitrogens with zero attached hydrogens (tertiary/aromatic N) is 2. The summed E-state index contributed by atoms with van der Waals surface area (Å²) < 4.78 is 4.93. The number of esters is 1. The van der Waals surface area contributed by atoms with Gasteiger partial charge in [-0.15, -0.1) is 0 Å². The van der Waals surface area contributed by atoms with Crippen molar-refractivity contribution in [1.29, 1.82) is 0 Å². The lowest BCUT2D eigenvalue weighted by Crippen LogP contribution is -2.11. The van der Waals surface area contributed by atoms with E-state index in [0.717, 1.165) is 5.56 Å². The smallest absolute Gasteiger partial charge is 0.340 e. The first-order valence-corrected chi connectivity index (χ1v) is 4.93. The maximum Gasteiger partial charge on any atom is 0.340 e. The van der Waals surface area contributed by atoms with Gasteiger partial charge < -0.3 is 9.94 Å². The third-order valence-electron chi connectivity index (χ3n) is 2.09. The molecule has 1 rings (SSSR count). The van der Waals surface area contributed by atoms with Crippen LogP contribution in [0.4, 0.5) is 0 Å². The summed E-state index contributed by atoms with van der Waals surface area (Å²) in [7, 11) is 0. The molecule has 0 atom stereocenters. The van der Waals surface area contributed by atoms with Crippen molar-refractivity contribution in [2.75, 3.05) is 6.61 Å². The van der Waals surface area contributed by atoms with Crippen molar-refractivity contribution in [1.82, 2.24) is 4.98 Å². The van der Waals surface area contributed by atoms with E-state index >= 15 is 0 Å². The second-order valence-corrected chi connectivity index (χ2v) is 3.29. The Morgan fingerprint density at radius 2 is 2.31 bits per heavy atom. The van der Waals surface area contributed by atoms with Crippen LogP contribution in [0, 0.1) is 13.8 Å². The fourth-order valence-corrected chi connectivity index (χ4v) is 1.50. The van der Waals surface area contributed by atoms with Gasteiger partial charge in [0, 0.05) is 0 Å². The van der Waals surface area contributed by atoms with Crippen LogP contribution in [0.3, 0.4) is 0 Å². The van der Waals surface area contributed by atoms with Crippen molar-refractivity contribution < 1.29 is 14.7 Å². The summed E-state index contributed by atoms with van der Waals surface area (Å²) in [6.07, 6.45) is 1.22. The largest absolute Gasteiger partial charge is 0.462 e. The van der Waals surface area contributed by atoms with E-state index in [9.17, 15) is 4.79 Å². The number of ether oxygens (including phenoxy) is 1. The molecule has 5 nitrogen and oxygen atoms in total. The number of hydrogen-bond acceptors (Lipinski definition) is 5. The number of oxime groups is 1. The first-order chi connectivity index (χ1) is 7.60. The number of pyridine rings is 1. The van der Waals surface area contributed by atoms with E-state index in [1.165, 1.54) is 6.21 Å². The zero-order valence-electron chi connectivity index (χ0n) is 9.52. The van der Waals surface area contributed by atoms with Crippen LogP contribution < -0.4 is 0 Å². The highest BCUT2D eigenvalue weighted by atomic mass is 16.5. The number of aryl methyl sites for hydroxylation is 2. The van der Waals surface area contributed by atoms with Crippen molar-refractivity contribution in [2.45, 2.75) is 20.8 Å². The lowest BCUT2D eigenvalue weighted by molar-refractivity contribution is 0.0524. The Balaban J connectivity index is 3.17. The lowest BCUT2D eigenvalue weighted by Gasteiger charge is -2.08. The molecule has 0 aliphatic rings. The molecule has 0 fully saturated rings. The van der Waals surface area contributed by atoms with E-state index in [0.29, 0.717) is 23.6 Å². The molecule has 5 heteroatoms. The Kier molecular flexibility index (Phi) is 3.99. The highest BCUT2D eigenvalue weighted by Gasteiger charge is 2.15. The van der Waals surface area contributed by atoms with Crippen LogP contribution >= 0.6 is 0 Å². The summed E-state index contributed by atoms with van der Waals surface area (Å²) in [5.41, 5.74) is 2.29. The van der Waals surface area contributed by atoms with Gasteiger partial charge in [0.25, 0.3) is 0 Å². The Bertz CT molecular complexity index is 404. The Morgan fingerprint density at radius 1 is 1.62 bits per heavy atom. The zero-order chi connectivity index (χ0) is 12.1. The molecule has 16 heavy (non-hydrogen) atoms. The summed E-state index contributed by atoms with van der Waals surface area (Å²) in [5.74, 6) is -0.377. The molecule has 86 valence electrons. The second kappa shape index (κ2) is 5.25. The average molecular weight is 222 g/mol. The topological polar surface area (TPSA) is 71.8 Å². The summed E-state index contributed by atoms with van der Waals surface area (Å²) in [6, 6.07) is 1.67. The maximum atomic E-state index is 11.6. The lowest BCUT2D eigenvalue weighted by atomic mass is 10.1. The molecule has 0 aliphatic heterocycles. The summed E-state index contributed by atoms with van der Waals surface area (Å²) in [4.78, 5) is 15.7. The van der Waals surface area contributed by atoms with Crippen LogP contribution in [0.2, 0.25) is 0 Å². The minimum absolute atomic E-state index is 0.331. The molecule has 0 bridgehead atoms. The third-order valence-corrected chi connectivity index (χ3v) is 2.09. The van der Waals surface area contributed by atoms with Gasteiger partial charge in [0.15, 0.2) is 0 Å². The SMILES string of the molecule is CCOC(=O)c1c(C)cc(/C=N/O)nc1C. The van der Waals surface area contributed by atoms with Crippen molar-refractivity contribution in [3.05, 3.63) is 28.6 Å². The van der Waals surface area contributed by atoms with E-state index in [4.69, 9.17) is 9.94 Å². The van der Waals surface area contributed by atoms with Gasteiger partial charge in [0.2, 0.25) is 0 Å². The van der Waals surface area contributed by atoms with E-state index in [-0.39, 0.29) is 5.97 Å². The van der Waals surface area contributed by atoms with Crippen molar-refractivity contribution in [3.8, 4) is 0 Å². The molecule has 0 amide bonds. The van der Waals surface area contributed by atoms with Gasteiger partial charge in [-0.2, -0.15) is 0 Å². The molecule has 1 aromatic heterocycles. The number of aromatic nitrogens is 1. The number of carbonyl (C=O) groups excluding carboxylic acids is 1. The quantitative estimate of drug-likeness (QED) is 0.365. The van der Waals surface area contributed by atoms with Crippen molar-refractivity contribution in [2.24, 2.45) is 5.16 Å². The number of carbonyl (C=O) groups is 1. The Hall–Kier alpha value is -1.91. The first kappa shape index (κ1) is 12.2. The number of rotatable bonds is 3. The first-order valence-electron chi connectivity index (χ1n) is 4.93. The molecule has 1 N–H and O–H groups in total. The normalized spacial score (nSPS) is 10.7. The third kappa shape index (κ3) is 2.56. The molecule has 0 radical (unpaired) electrons. The maximum absolute atomic E-state index is 11.6. The Morgan fingerprint density at radius 3 is 2.81 bits per heavy atom. The van der Waals surface area contributed by atoms with E-state index in [2.05, 4.69) is 10.1 Å². The molecule has 0 aliphatic carbocycles. The summed E-state index contributed by atoms with van der Waals surface area (Å²) >= 11 is 0. The van der Waals surface area contributed by atoms with Gasteiger partial charge in [-0.1, -0.05) is 5.16 Å². The minimum atomic E-state index is -0.377. The fraction of sp³-hybridized carbons (Fsp3) is 0.364. The van der Waals surface area contributed by atoms with Gasteiger partial charge in [0.1, 0.15) is 0 Å². The molecule has 0 saturated carbocycles. The Labute approximate surface area is 93.8 Å². The predicted molar refractivity (Wildman–Crippen MR) is 59.0 cm³/mol. The number of hydrogen-bond donors (Lipinski definition) is 1. The van der Waals surface area contributed by atoms with Crippen LogP contribution in [0.25, 0.3) is 0 Å². The zero-order valence-corrected chi connectivity index (χ0v) is 9.52. The van der Waals surface area contributed by atoms with E-state index < -0.39 is 0 Å². The fourth-order valence-electron chi connectivity index (χ4n) is 1.50. The molecule has 0 aromatic carbocycles. The second-order valence-electron chi connectivity index (χ2n) is 3.29. The summed E-state index contributed by atoms with van der Waals surface area (Å²) in [6.45, 7) is 5.59. The molecule has 1 aromatic rings. The van der Waals surface area contributed by atoms with Gasteiger partial charge >= 0.3 is 5.97 Å². The minimum Gasteiger partial charge on any atom is -0.462 e. The molecular formula is C11H14N2O3. The van der Waals surface area contributed by atoms with Crippen LogP contribution in [-0.4, -0.2) is 29.0 Å². The average Bonchev–Trinajstić information content (AvgIpc) is 2.17. The monoisotopic (exact) mass is 222 g/mol. The van der Waals surface area contributed by atoms with Gasteiger partial charge in [0.05, 0.1) is 29.8 Å². The molecule has 1 heterocycles. The molecule has 0 saturated heterocycles.